The van der Waals surface area contributed by atoms with Gasteiger partial charge >= 0.3 is 0 Å². The smallest absolute Gasteiger partial charge is 0.138 e. The van der Waals surface area contributed by atoms with Crippen molar-refractivity contribution in [2.75, 3.05) is 0 Å². The highest BCUT2D eigenvalue weighted by Crippen LogP contribution is 2.18. The third-order valence-corrected chi connectivity index (χ3v) is 2.85. The van der Waals surface area contributed by atoms with Crippen LogP contribution in [0.2, 0.25) is 5.02 Å². The zero-order chi connectivity index (χ0) is 13.0. The lowest BCUT2D eigenvalue weighted by atomic mass is 10.2. The number of benzene rings is 1. The lowest BCUT2D eigenvalue weighted by Gasteiger charge is -2.07. The highest BCUT2D eigenvalue weighted by Gasteiger charge is 2.04. The molecule has 0 amide bonds. The lowest BCUT2D eigenvalue weighted by molar-refractivity contribution is 0.298. The summed E-state index contributed by atoms with van der Waals surface area (Å²) in [5.74, 6) is 0.566. The zero-order valence-electron chi connectivity index (χ0n) is 9.37. The van der Waals surface area contributed by atoms with Gasteiger partial charge < -0.3 is 4.74 Å². The Balaban J connectivity index is 2.04. The van der Waals surface area contributed by atoms with Crippen molar-refractivity contribution in [3.05, 3.63) is 58.6 Å². The van der Waals surface area contributed by atoms with Crippen LogP contribution in [-0.4, -0.2) is 4.98 Å². The van der Waals surface area contributed by atoms with Crippen molar-refractivity contribution >= 4 is 23.2 Å². The largest absolute Gasteiger partial charge is 0.487 e. The van der Waals surface area contributed by atoms with Crippen LogP contribution in [0.1, 0.15) is 11.3 Å². The first-order chi connectivity index (χ1) is 8.69. The zero-order valence-corrected chi connectivity index (χ0v) is 10.9. The van der Waals surface area contributed by atoms with E-state index >= 15 is 0 Å². The second kappa shape index (κ2) is 6.03. The molecule has 2 nitrogen and oxygen atoms in total. The molecule has 0 radical (unpaired) electrons. The van der Waals surface area contributed by atoms with Gasteiger partial charge in [-0.25, -0.2) is 4.39 Å². The number of alkyl halides is 1. The van der Waals surface area contributed by atoms with Crippen LogP contribution < -0.4 is 4.74 Å². The molecule has 0 atom stereocenters. The van der Waals surface area contributed by atoms with Crippen molar-refractivity contribution in [3.8, 4) is 5.75 Å². The molecule has 2 aromatic rings. The summed E-state index contributed by atoms with van der Waals surface area (Å²) in [5, 5.41) is 0.477. The molecule has 0 fully saturated rings. The molecule has 0 saturated heterocycles. The lowest BCUT2D eigenvalue weighted by Crippen LogP contribution is -1.99. The number of ether oxygens (including phenoxy) is 1. The molecular weight excluding hydrogens is 276 g/mol. The fraction of sp³-hybridized carbons (Fsp3) is 0.154. The van der Waals surface area contributed by atoms with E-state index in [4.69, 9.17) is 27.9 Å². The van der Waals surface area contributed by atoms with Crippen LogP contribution in [0.4, 0.5) is 4.39 Å². The number of nitrogens with zero attached hydrogens (tertiary/aromatic N) is 1. The molecule has 1 heterocycles. The van der Waals surface area contributed by atoms with Crippen LogP contribution in [0, 0.1) is 5.82 Å². The van der Waals surface area contributed by atoms with Crippen molar-refractivity contribution in [3.63, 3.8) is 0 Å². The highest BCUT2D eigenvalue weighted by molar-refractivity contribution is 6.30. The molecule has 0 aliphatic rings. The summed E-state index contributed by atoms with van der Waals surface area (Å²) in [6, 6.07) is 7.86. The van der Waals surface area contributed by atoms with E-state index in [2.05, 4.69) is 4.98 Å². The summed E-state index contributed by atoms with van der Waals surface area (Å²) in [5.41, 5.74) is 1.17. The Hall–Kier alpha value is -1.32. The van der Waals surface area contributed by atoms with Gasteiger partial charge in [0.05, 0.1) is 17.8 Å². The number of hydrogen-bond acceptors (Lipinski definition) is 2. The van der Waals surface area contributed by atoms with Crippen LogP contribution in [0.25, 0.3) is 0 Å². The molecule has 1 aromatic heterocycles. The first kappa shape index (κ1) is 13.1. The standard InChI is InChI=1S/C13H10Cl2FNO/c14-6-11-2-3-12(7-17-11)18-8-9-5-10(15)1-4-13(9)16/h1-5,7H,6,8H2. The monoisotopic (exact) mass is 285 g/mol. The highest BCUT2D eigenvalue weighted by atomic mass is 35.5. The van der Waals surface area contributed by atoms with Gasteiger partial charge in [0.1, 0.15) is 18.2 Å². The minimum absolute atomic E-state index is 0.105. The fourth-order valence-corrected chi connectivity index (χ4v) is 1.74. The summed E-state index contributed by atoms with van der Waals surface area (Å²) in [7, 11) is 0. The fourth-order valence-electron chi connectivity index (χ4n) is 1.39. The van der Waals surface area contributed by atoms with Crippen LogP contribution in [0.3, 0.4) is 0 Å². The predicted molar refractivity (Wildman–Crippen MR) is 69.5 cm³/mol. The van der Waals surface area contributed by atoms with Crippen molar-refractivity contribution in [1.82, 2.24) is 4.98 Å². The Morgan fingerprint density at radius 3 is 2.72 bits per heavy atom. The summed E-state index contributed by atoms with van der Waals surface area (Å²) < 4.78 is 18.8. The van der Waals surface area contributed by atoms with Crippen molar-refractivity contribution in [1.29, 1.82) is 0 Å². The van der Waals surface area contributed by atoms with Crippen molar-refractivity contribution < 1.29 is 9.13 Å². The predicted octanol–water partition coefficient (Wildman–Crippen LogP) is 4.19. The van der Waals surface area contributed by atoms with Crippen LogP contribution in [-0.2, 0) is 12.5 Å². The van der Waals surface area contributed by atoms with E-state index in [1.54, 1.807) is 18.3 Å². The molecular formula is C13H10Cl2FNO. The second-order valence-corrected chi connectivity index (χ2v) is 4.35. The summed E-state index contributed by atoms with van der Waals surface area (Å²) in [4.78, 5) is 4.07. The summed E-state index contributed by atoms with van der Waals surface area (Å²) in [6.45, 7) is 0.105. The molecule has 0 bridgehead atoms. The quantitative estimate of drug-likeness (QED) is 0.786. The van der Waals surface area contributed by atoms with Gasteiger partial charge in [-0.15, -0.1) is 11.6 Å². The van der Waals surface area contributed by atoms with E-state index in [0.29, 0.717) is 22.2 Å². The molecule has 94 valence electrons. The Bertz CT molecular complexity index is 531. The Labute approximate surface area is 114 Å². The molecule has 1 aromatic carbocycles. The average Bonchev–Trinajstić information content (AvgIpc) is 2.40. The van der Waals surface area contributed by atoms with Gasteiger partial charge in [-0.1, -0.05) is 11.6 Å². The molecule has 0 saturated carbocycles. The third-order valence-electron chi connectivity index (χ3n) is 2.34. The summed E-state index contributed by atoms with van der Waals surface area (Å²) >= 11 is 11.4. The van der Waals surface area contributed by atoms with Gasteiger partial charge in [0, 0.05) is 10.6 Å². The number of rotatable bonds is 4. The van der Waals surface area contributed by atoms with Gasteiger partial charge in [-0.05, 0) is 30.3 Å². The Kier molecular flexibility index (Phi) is 4.39. The van der Waals surface area contributed by atoms with E-state index in [9.17, 15) is 4.39 Å². The summed E-state index contributed by atoms with van der Waals surface area (Å²) in [6.07, 6.45) is 1.56. The third kappa shape index (κ3) is 3.34. The van der Waals surface area contributed by atoms with Gasteiger partial charge in [0.25, 0.3) is 0 Å². The van der Waals surface area contributed by atoms with Crippen LogP contribution in [0.5, 0.6) is 5.75 Å². The van der Waals surface area contributed by atoms with Crippen molar-refractivity contribution in [2.45, 2.75) is 12.5 Å². The topological polar surface area (TPSA) is 22.1 Å². The van der Waals surface area contributed by atoms with Crippen LogP contribution >= 0.6 is 23.2 Å². The first-order valence-electron chi connectivity index (χ1n) is 5.26. The Morgan fingerprint density at radius 2 is 2.06 bits per heavy atom. The number of pyridine rings is 1. The molecule has 0 N–H and O–H groups in total. The van der Waals surface area contributed by atoms with Crippen molar-refractivity contribution in [2.24, 2.45) is 0 Å². The van der Waals surface area contributed by atoms with E-state index in [1.807, 2.05) is 0 Å². The average molecular weight is 286 g/mol. The molecule has 0 aliphatic heterocycles. The SMILES string of the molecule is Fc1ccc(Cl)cc1COc1ccc(CCl)nc1. The van der Waals surface area contributed by atoms with Gasteiger partial charge in [-0.2, -0.15) is 0 Å². The molecule has 2 rings (SSSR count). The minimum atomic E-state index is -0.343. The maximum atomic E-state index is 13.4. The van der Waals surface area contributed by atoms with E-state index in [1.165, 1.54) is 18.2 Å². The van der Waals surface area contributed by atoms with Gasteiger partial charge in [0.15, 0.2) is 0 Å². The number of hydrogen-bond donors (Lipinski definition) is 0. The molecule has 0 aliphatic carbocycles. The number of halogens is 3. The van der Waals surface area contributed by atoms with E-state index < -0.39 is 0 Å². The maximum Gasteiger partial charge on any atom is 0.138 e. The van der Waals surface area contributed by atoms with E-state index in [0.717, 1.165) is 5.69 Å². The van der Waals surface area contributed by atoms with E-state index in [-0.39, 0.29) is 12.4 Å². The molecule has 0 spiro atoms. The molecule has 0 unspecified atom stereocenters. The maximum absolute atomic E-state index is 13.4. The number of aromatic nitrogens is 1. The molecule has 18 heavy (non-hydrogen) atoms. The second-order valence-electron chi connectivity index (χ2n) is 3.64. The Morgan fingerprint density at radius 1 is 1.22 bits per heavy atom. The first-order valence-corrected chi connectivity index (χ1v) is 6.18. The normalized spacial score (nSPS) is 10.4. The van der Waals surface area contributed by atoms with Gasteiger partial charge in [0.2, 0.25) is 0 Å². The van der Waals surface area contributed by atoms with Gasteiger partial charge in [-0.3, -0.25) is 4.98 Å². The minimum Gasteiger partial charge on any atom is -0.487 e. The van der Waals surface area contributed by atoms with Crippen LogP contribution in [0.15, 0.2) is 36.5 Å². The molecule has 5 heteroatoms.